The molecule has 2 aromatic carbocycles. The predicted octanol–water partition coefficient (Wildman–Crippen LogP) is 4.83. The van der Waals surface area contributed by atoms with Crippen LogP contribution in [-0.4, -0.2) is 24.2 Å². The highest BCUT2D eigenvalue weighted by atomic mass is 32.1. The Labute approximate surface area is 198 Å². The first-order valence-electron chi connectivity index (χ1n) is 11.1. The minimum absolute atomic E-state index is 0.149. The molecular weight excluding hydrogens is 432 g/mol. The number of hydrogen-bond donors (Lipinski definition) is 3. The lowest BCUT2D eigenvalue weighted by molar-refractivity contribution is 0.0949. The minimum atomic E-state index is -0.220. The van der Waals surface area contributed by atoms with Gasteiger partial charge in [0.1, 0.15) is 5.84 Å². The molecular formula is C26H28N4O2S. The number of fused-ring (bicyclic) bond motifs is 1. The van der Waals surface area contributed by atoms with Gasteiger partial charge in [0.25, 0.3) is 11.8 Å². The molecule has 3 N–H and O–H groups in total. The number of nitrogens with zero attached hydrogens (tertiary/aromatic N) is 1. The zero-order valence-electron chi connectivity index (χ0n) is 18.9. The van der Waals surface area contributed by atoms with E-state index in [0.29, 0.717) is 36.0 Å². The van der Waals surface area contributed by atoms with Gasteiger partial charge in [-0.05, 0) is 65.7 Å². The van der Waals surface area contributed by atoms with Gasteiger partial charge in [0.05, 0.1) is 13.1 Å². The molecule has 1 aromatic heterocycles. The summed E-state index contributed by atoms with van der Waals surface area (Å²) in [4.78, 5) is 31.0. The summed E-state index contributed by atoms with van der Waals surface area (Å²) in [5.41, 5.74) is 3.88. The maximum atomic E-state index is 12.8. The highest BCUT2D eigenvalue weighted by Crippen LogP contribution is 2.20. The van der Waals surface area contributed by atoms with E-state index in [1.807, 2.05) is 35.7 Å². The molecule has 0 spiro atoms. The molecule has 0 saturated heterocycles. The normalized spacial score (nSPS) is 12.3. The largest absolute Gasteiger partial charge is 0.385 e. The standard InChI is InChI=1S/C26H28N4O2S/c1-17(2)11-12-27-21-9-7-18(8-10-21)26(32)30-24-23-14-19(5-6-20(23)15-28-24)25(31)29-16-22-4-3-13-33-22/h3-10,13-14,17,27H,11-12,15-16H2,1-2H3,(H,29,31)(H,28,30,32). The predicted molar refractivity (Wildman–Crippen MR) is 134 cm³/mol. The first kappa shape index (κ1) is 22.7. The number of amides is 2. The van der Waals surface area contributed by atoms with Crippen LogP contribution < -0.4 is 16.0 Å². The number of rotatable bonds is 8. The molecule has 0 fully saturated rings. The summed E-state index contributed by atoms with van der Waals surface area (Å²) in [6.45, 7) is 6.27. The van der Waals surface area contributed by atoms with E-state index in [9.17, 15) is 9.59 Å². The van der Waals surface area contributed by atoms with Crippen molar-refractivity contribution in [3.05, 3.63) is 87.1 Å². The lowest BCUT2D eigenvalue weighted by Gasteiger charge is -2.11. The summed E-state index contributed by atoms with van der Waals surface area (Å²) in [5, 5.41) is 11.2. The highest BCUT2D eigenvalue weighted by molar-refractivity contribution is 7.09. The summed E-state index contributed by atoms with van der Waals surface area (Å²) < 4.78 is 0. The SMILES string of the molecule is CC(C)CCNc1ccc(C(=O)NC2=NCc3ccc(C(=O)NCc4cccs4)cc32)cc1. The van der Waals surface area contributed by atoms with Crippen LogP contribution in [0.15, 0.2) is 65.0 Å². The Morgan fingerprint density at radius 3 is 2.55 bits per heavy atom. The van der Waals surface area contributed by atoms with Crippen LogP contribution in [0.1, 0.15) is 57.0 Å². The van der Waals surface area contributed by atoms with Crippen LogP contribution in [-0.2, 0) is 13.1 Å². The van der Waals surface area contributed by atoms with E-state index in [1.165, 1.54) is 0 Å². The van der Waals surface area contributed by atoms with E-state index in [4.69, 9.17) is 0 Å². The number of thiophene rings is 1. The molecule has 3 aromatic rings. The Morgan fingerprint density at radius 2 is 1.82 bits per heavy atom. The Bertz CT molecular complexity index is 1150. The average Bonchev–Trinajstić information content (AvgIpc) is 3.47. The van der Waals surface area contributed by atoms with Gasteiger partial charge in [0.2, 0.25) is 0 Å². The minimum Gasteiger partial charge on any atom is -0.385 e. The van der Waals surface area contributed by atoms with E-state index >= 15 is 0 Å². The second-order valence-electron chi connectivity index (χ2n) is 8.44. The Hall–Kier alpha value is -3.45. The monoisotopic (exact) mass is 460 g/mol. The smallest absolute Gasteiger partial charge is 0.256 e. The molecule has 0 saturated carbocycles. The Balaban J connectivity index is 1.37. The number of amidine groups is 1. The van der Waals surface area contributed by atoms with Gasteiger partial charge in [-0.3, -0.25) is 14.6 Å². The van der Waals surface area contributed by atoms with Crippen LogP contribution in [0.4, 0.5) is 5.69 Å². The Kier molecular flexibility index (Phi) is 7.19. The fraction of sp³-hybridized carbons (Fsp3) is 0.269. The summed E-state index contributed by atoms with van der Waals surface area (Å²) >= 11 is 1.61. The molecule has 0 atom stereocenters. The molecule has 0 unspecified atom stereocenters. The van der Waals surface area contributed by atoms with Crippen molar-refractivity contribution in [2.45, 2.75) is 33.4 Å². The number of carbonyl (C=O) groups excluding carboxylic acids is 2. The Morgan fingerprint density at radius 1 is 1.03 bits per heavy atom. The van der Waals surface area contributed by atoms with Gasteiger partial charge < -0.3 is 16.0 Å². The van der Waals surface area contributed by atoms with Gasteiger partial charge >= 0.3 is 0 Å². The molecule has 0 radical (unpaired) electrons. The fourth-order valence-corrected chi connectivity index (χ4v) is 4.18. The lowest BCUT2D eigenvalue weighted by Crippen LogP contribution is -2.30. The van der Waals surface area contributed by atoms with Crippen molar-refractivity contribution in [1.29, 1.82) is 0 Å². The molecule has 0 aliphatic carbocycles. The van der Waals surface area contributed by atoms with Crippen LogP contribution in [0.5, 0.6) is 0 Å². The third kappa shape index (κ3) is 5.87. The van der Waals surface area contributed by atoms with Crippen molar-refractivity contribution in [3.63, 3.8) is 0 Å². The van der Waals surface area contributed by atoms with Crippen LogP contribution in [0.2, 0.25) is 0 Å². The van der Waals surface area contributed by atoms with Gasteiger partial charge in [-0.15, -0.1) is 11.3 Å². The van der Waals surface area contributed by atoms with E-state index < -0.39 is 0 Å². The molecule has 7 heteroatoms. The van der Waals surface area contributed by atoms with Crippen molar-refractivity contribution in [2.24, 2.45) is 10.9 Å². The summed E-state index contributed by atoms with van der Waals surface area (Å²) in [5.74, 6) is 0.777. The number of anilines is 1. The van der Waals surface area contributed by atoms with Crippen LogP contribution in [0, 0.1) is 5.92 Å². The maximum absolute atomic E-state index is 12.8. The quantitative estimate of drug-likeness (QED) is 0.450. The van der Waals surface area contributed by atoms with E-state index in [2.05, 4.69) is 34.8 Å². The lowest BCUT2D eigenvalue weighted by atomic mass is 10.0. The third-order valence-electron chi connectivity index (χ3n) is 5.47. The molecule has 1 aliphatic heterocycles. The van der Waals surface area contributed by atoms with Crippen LogP contribution >= 0.6 is 11.3 Å². The fourth-order valence-electron chi connectivity index (χ4n) is 3.54. The van der Waals surface area contributed by atoms with E-state index in [1.54, 1.807) is 35.6 Å². The van der Waals surface area contributed by atoms with Crippen molar-refractivity contribution < 1.29 is 9.59 Å². The van der Waals surface area contributed by atoms with Gasteiger partial charge in [-0.25, -0.2) is 0 Å². The highest BCUT2D eigenvalue weighted by Gasteiger charge is 2.20. The number of aliphatic imine (C=N–C) groups is 1. The number of hydrogen-bond acceptors (Lipinski definition) is 5. The molecule has 2 heterocycles. The summed E-state index contributed by atoms with van der Waals surface area (Å²) in [6, 6.07) is 16.9. The molecule has 4 rings (SSSR count). The number of carbonyl (C=O) groups is 2. The van der Waals surface area contributed by atoms with Gasteiger partial charge in [0, 0.05) is 33.8 Å². The van der Waals surface area contributed by atoms with Crippen molar-refractivity contribution in [3.8, 4) is 0 Å². The summed E-state index contributed by atoms with van der Waals surface area (Å²) in [6.07, 6.45) is 1.09. The number of nitrogens with one attached hydrogen (secondary N) is 3. The molecule has 170 valence electrons. The number of benzene rings is 2. The van der Waals surface area contributed by atoms with E-state index in [-0.39, 0.29) is 11.8 Å². The van der Waals surface area contributed by atoms with E-state index in [0.717, 1.165) is 34.7 Å². The zero-order valence-corrected chi connectivity index (χ0v) is 19.7. The van der Waals surface area contributed by atoms with Crippen LogP contribution in [0.25, 0.3) is 0 Å². The second-order valence-corrected chi connectivity index (χ2v) is 9.47. The first-order valence-corrected chi connectivity index (χ1v) is 12.0. The van der Waals surface area contributed by atoms with Crippen molar-refractivity contribution in [2.75, 3.05) is 11.9 Å². The maximum Gasteiger partial charge on any atom is 0.256 e. The topological polar surface area (TPSA) is 82.6 Å². The third-order valence-corrected chi connectivity index (χ3v) is 6.34. The van der Waals surface area contributed by atoms with Crippen molar-refractivity contribution >= 4 is 34.7 Å². The zero-order chi connectivity index (χ0) is 23.2. The molecule has 33 heavy (non-hydrogen) atoms. The van der Waals surface area contributed by atoms with Gasteiger partial charge in [0.15, 0.2) is 0 Å². The molecule has 0 bridgehead atoms. The average molecular weight is 461 g/mol. The summed E-state index contributed by atoms with van der Waals surface area (Å²) in [7, 11) is 0. The first-order chi connectivity index (χ1) is 16.0. The molecule has 6 nitrogen and oxygen atoms in total. The second kappa shape index (κ2) is 10.4. The van der Waals surface area contributed by atoms with Crippen molar-refractivity contribution in [1.82, 2.24) is 10.6 Å². The van der Waals surface area contributed by atoms with Crippen LogP contribution in [0.3, 0.4) is 0 Å². The molecule has 1 aliphatic rings. The molecule has 2 amide bonds. The van der Waals surface area contributed by atoms with Gasteiger partial charge in [-0.2, -0.15) is 0 Å². The van der Waals surface area contributed by atoms with Gasteiger partial charge in [-0.1, -0.05) is 26.0 Å².